The lowest BCUT2D eigenvalue weighted by Gasteiger charge is -2.42. The van der Waals surface area contributed by atoms with Crippen LogP contribution in [0.5, 0.6) is 0 Å². The summed E-state index contributed by atoms with van der Waals surface area (Å²) in [7, 11) is -0.708. The van der Waals surface area contributed by atoms with Gasteiger partial charge in [-0.2, -0.15) is 0 Å². The van der Waals surface area contributed by atoms with Gasteiger partial charge >= 0.3 is 0 Å². The summed E-state index contributed by atoms with van der Waals surface area (Å²) in [5.41, 5.74) is 0. The lowest BCUT2D eigenvalue weighted by Crippen LogP contribution is -2.66. The summed E-state index contributed by atoms with van der Waals surface area (Å²) in [4.78, 5) is 4.71. The zero-order valence-electron chi connectivity index (χ0n) is 20.2. The first-order valence-corrected chi connectivity index (χ1v) is 13.9. The van der Waals surface area contributed by atoms with Crippen LogP contribution in [0.25, 0.3) is 0 Å². The number of methoxy groups -OCH3 is 1. The topological polar surface area (TPSA) is 30.8 Å². The third-order valence-corrected chi connectivity index (χ3v) is 11.4. The predicted octanol–water partition coefficient (Wildman–Crippen LogP) is 5.89. The second kappa shape index (κ2) is 11.6. The first-order chi connectivity index (χ1) is 15.5. The molecule has 4 heteroatoms. The van der Waals surface area contributed by atoms with Crippen LogP contribution in [0.1, 0.15) is 59.3 Å². The van der Waals surface area contributed by atoms with Gasteiger partial charge in [0.05, 0.1) is 19.8 Å². The minimum atomic E-state index is -2.44. The van der Waals surface area contributed by atoms with E-state index < -0.39 is 8.32 Å². The van der Waals surface area contributed by atoms with Gasteiger partial charge in [-0.25, -0.2) is 0 Å². The molecule has 0 bridgehead atoms. The molecular formula is C28H39NO2Si. The van der Waals surface area contributed by atoms with Crippen molar-refractivity contribution in [3.8, 4) is 0 Å². The van der Waals surface area contributed by atoms with Gasteiger partial charge in [0.1, 0.15) is 0 Å². The predicted molar refractivity (Wildman–Crippen MR) is 139 cm³/mol. The fourth-order valence-corrected chi connectivity index (χ4v) is 9.28. The fraction of sp³-hybridized carbons (Fsp3) is 0.464. The molecule has 0 aliphatic carbocycles. The van der Waals surface area contributed by atoms with Crippen LogP contribution in [0.4, 0.5) is 0 Å². The number of benzene rings is 2. The zero-order chi connectivity index (χ0) is 22.9. The lowest BCUT2D eigenvalue weighted by molar-refractivity contribution is 0.339. The number of allylic oxidation sites excluding steroid dienone is 1. The van der Waals surface area contributed by atoms with Gasteiger partial charge < -0.3 is 9.16 Å². The van der Waals surface area contributed by atoms with E-state index in [0.717, 1.165) is 31.6 Å². The van der Waals surface area contributed by atoms with Crippen LogP contribution in [-0.4, -0.2) is 34.0 Å². The van der Waals surface area contributed by atoms with Crippen molar-refractivity contribution in [2.24, 2.45) is 4.99 Å². The van der Waals surface area contributed by atoms with E-state index in [1.165, 1.54) is 23.2 Å². The molecule has 0 spiro atoms. The number of nitrogens with zero attached hydrogens (tertiary/aromatic N) is 1. The Kier molecular flexibility index (Phi) is 8.89. The molecule has 3 nitrogen and oxygen atoms in total. The highest BCUT2D eigenvalue weighted by Gasteiger charge is 2.49. The van der Waals surface area contributed by atoms with Gasteiger partial charge in [-0.1, -0.05) is 93.6 Å². The average Bonchev–Trinajstić information content (AvgIpc) is 2.81. The Bertz CT molecular complexity index is 832. The maximum atomic E-state index is 6.91. The van der Waals surface area contributed by atoms with Crippen LogP contribution in [0.15, 0.2) is 77.8 Å². The summed E-state index contributed by atoms with van der Waals surface area (Å²) in [6.45, 7) is 7.61. The second-order valence-corrected chi connectivity index (χ2v) is 14.0. The Hall–Kier alpha value is -2.17. The molecule has 1 heterocycles. The van der Waals surface area contributed by atoms with E-state index in [2.05, 4.69) is 93.6 Å². The second-order valence-electron chi connectivity index (χ2n) is 9.65. The van der Waals surface area contributed by atoms with E-state index >= 15 is 0 Å². The van der Waals surface area contributed by atoms with Gasteiger partial charge in [0, 0.05) is 6.42 Å². The quantitative estimate of drug-likeness (QED) is 0.272. The Morgan fingerprint density at radius 2 is 1.59 bits per heavy atom. The Labute approximate surface area is 195 Å². The highest BCUT2D eigenvalue weighted by atomic mass is 28.4. The molecule has 1 aliphatic rings. The molecule has 0 aromatic heterocycles. The number of hydrogen-bond donors (Lipinski definition) is 0. The van der Waals surface area contributed by atoms with Crippen LogP contribution < -0.4 is 10.4 Å². The van der Waals surface area contributed by atoms with E-state index in [9.17, 15) is 0 Å². The van der Waals surface area contributed by atoms with Gasteiger partial charge in [-0.05, 0) is 47.5 Å². The molecule has 1 atom stereocenters. The summed E-state index contributed by atoms with van der Waals surface area (Å²) in [6.07, 6.45) is 11.2. The summed E-state index contributed by atoms with van der Waals surface area (Å²) < 4.78 is 12.2. The lowest BCUT2D eigenvalue weighted by atomic mass is 10.0. The van der Waals surface area contributed by atoms with Crippen molar-refractivity contribution in [1.82, 2.24) is 0 Å². The zero-order valence-corrected chi connectivity index (χ0v) is 21.2. The number of unbranched alkanes of at least 4 members (excludes halogenated alkanes) is 1. The Morgan fingerprint density at radius 1 is 0.969 bits per heavy atom. The van der Waals surface area contributed by atoms with Gasteiger partial charge in [0.15, 0.2) is 5.90 Å². The molecule has 0 saturated carbocycles. The highest BCUT2D eigenvalue weighted by molar-refractivity contribution is 6.99. The Balaban J connectivity index is 1.65. The molecule has 0 radical (unpaired) electrons. The van der Waals surface area contributed by atoms with Crippen LogP contribution in [-0.2, 0) is 9.16 Å². The molecule has 0 saturated heterocycles. The first kappa shape index (κ1) is 24.5. The van der Waals surface area contributed by atoms with Crippen LogP contribution in [0, 0.1) is 0 Å². The smallest absolute Gasteiger partial charge is 0.261 e. The molecule has 1 unspecified atom stereocenters. The minimum absolute atomic E-state index is 0.0155. The largest absolute Gasteiger partial charge is 0.484 e. The van der Waals surface area contributed by atoms with Gasteiger partial charge in [0.2, 0.25) is 0 Å². The maximum absolute atomic E-state index is 6.91. The van der Waals surface area contributed by atoms with Crippen molar-refractivity contribution >= 4 is 24.6 Å². The average molecular weight is 450 g/mol. The van der Waals surface area contributed by atoms with Gasteiger partial charge in [0.25, 0.3) is 8.32 Å². The Morgan fingerprint density at radius 3 is 2.16 bits per heavy atom. The van der Waals surface area contributed by atoms with E-state index in [0.29, 0.717) is 12.6 Å². The summed E-state index contributed by atoms with van der Waals surface area (Å²) in [6, 6.07) is 22.1. The maximum Gasteiger partial charge on any atom is 0.261 e. The molecule has 0 N–H and O–H groups in total. The van der Waals surface area contributed by atoms with Crippen molar-refractivity contribution in [2.75, 3.05) is 13.7 Å². The molecule has 0 amide bonds. The molecular weight excluding hydrogens is 410 g/mol. The van der Waals surface area contributed by atoms with E-state index in [-0.39, 0.29) is 5.04 Å². The minimum Gasteiger partial charge on any atom is -0.484 e. The molecule has 2 aromatic rings. The normalized spacial score (nSPS) is 17.4. The molecule has 0 fully saturated rings. The third kappa shape index (κ3) is 5.99. The molecule has 2 aromatic carbocycles. The van der Waals surface area contributed by atoms with E-state index in [1.807, 2.05) is 0 Å². The van der Waals surface area contributed by atoms with Crippen molar-refractivity contribution in [3.63, 3.8) is 0 Å². The summed E-state index contributed by atoms with van der Waals surface area (Å²) >= 11 is 0. The molecule has 1 aliphatic heterocycles. The van der Waals surface area contributed by atoms with Gasteiger partial charge in [-0.15, -0.1) is 0 Å². The standard InChI is InChI=1S/C28H39NO2Si/c1-28(2,3)32(25-18-10-7-11-19-25,26-20-12-8-13-21-26)31-23-14-6-5-9-16-24-17-15-22-27(29-24)30-4/h6-8,10-14,18-21,24H,5,9,15-17,22-23H2,1-4H3/b14-6-. The molecule has 3 rings (SSSR count). The number of hydrogen-bond acceptors (Lipinski definition) is 3. The monoisotopic (exact) mass is 449 g/mol. The highest BCUT2D eigenvalue weighted by Crippen LogP contribution is 2.36. The molecule has 172 valence electrons. The van der Waals surface area contributed by atoms with Crippen LogP contribution in [0.2, 0.25) is 5.04 Å². The SMILES string of the molecule is COC1=NC(CCC/C=C\CO[Si](c2ccccc2)(c2ccccc2)C(C)(C)C)CCC1. The van der Waals surface area contributed by atoms with E-state index in [4.69, 9.17) is 14.2 Å². The fourth-order valence-electron chi connectivity index (χ4n) is 4.78. The van der Waals surface area contributed by atoms with Crippen LogP contribution in [0.3, 0.4) is 0 Å². The molecule has 32 heavy (non-hydrogen) atoms. The van der Waals surface area contributed by atoms with Gasteiger partial charge in [-0.3, -0.25) is 4.99 Å². The van der Waals surface area contributed by atoms with E-state index in [1.54, 1.807) is 7.11 Å². The third-order valence-electron chi connectivity index (χ3n) is 6.38. The first-order valence-electron chi connectivity index (χ1n) is 12.0. The number of ether oxygens (including phenoxy) is 1. The summed E-state index contributed by atoms with van der Waals surface area (Å²) in [5.74, 6) is 0.926. The van der Waals surface area contributed by atoms with Crippen molar-refractivity contribution in [1.29, 1.82) is 0 Å². The number of aliphatic imine (C=N–C) groups is 1. The summed E-state index contributed by atoms with van der Waals surface area (Å²) in [5, 5.41) is 2.68. The number of rotatable bonds is 9. The van der Waals surface area contributed by atoms with Crippen molar-refractivity contribution in [3.05, 3.63) is 72.8 Å². The van der Waals surface area contributed by atoms with Crippen molar-refractivity contribution in [2.45, 2.75) is 70.4 Å². The van der Waals surface area contributed by atoms with Crippen molar-refractivity contribution < 1.29 is 9.16 Å². The van der Waals surface area contributed by atoms with Crippen LogP contribution >= 0.6 is 0 Å².